The van der Waals surface area contributed by atoms with Gasteiger partial charge < -0.3 is 24.2 Å². The number of hydrogen-bond donors (Lipinski definition) is 2. The molecule has 0 amide bonds. The van der Waals surface area contributed by atoms with E-state index >= 15 is 0 Å². The average Bonchev–Trinajstić information content (AvgIpc) is 3.11. The van der Waals surface area contributed by atoms with Gasteiger partial charge in [0, 0.05) is 35.5 Å². The second kappa shape index (κ2) is 9.95. The quantitative estimate of drug-likeness (QED) is 0.562. The van der Waals surface area contributed by atoms with Crippen molar-refractivity contribution in [2.75, 3.05) is 20.3 Å². The molecule has 1 saturated heterocycles. The highest BCUT2D eigenvalue weighted by Crippen LogP contribution is 2.39. The lowest BCUT2D eigenvalue weighted by molar-refractivity contribution is -0.169. The number of amidine groups is 1. The number of benzene rings is 1. The van der Waals surface area contributed by atoms with Gasteiger partial charge in [0.25, 0.3) is 0 Å². The Morgan fingerprint density at radius 1 is 1.29 bits per heavy atom. The van der Waals surface area contributed by atoms with Crippen molar-refractivity contribution in [3.05, 3.63) is 51.8 Å². The van der Waals surface area contributed by atoms with Crippen LogP contribution in [0.15, 0.2) is 18.2 Å². The smallest absolute Gasteiger partial charge is 0.182 e. The van der Waals surface area contributed by atoms with E-state index in [0.29, 0.717) is 30.0 Å². The third-order valence-electron chi connectivity index (χ3n) is 6.62. The highest BCUT2D eigenvalue weighted by molar-refractivity contribution is 6.04. The summed E-state index contributed by atoms with van der Waals surface area (Å²) in [7, 11) is 1.47. The number of aromatic hydroxyl groups is 1. The summed E-state index contributed by atoms with van der Waals surface area (Å²) in [5, 5.41) is 19.2. The number of aryl methyl sites for hydroxylation is 1. The molecule has 1 unspecified atom stereocenters. The standard InChI is InChI=1S/C27H35N3O5/c1-16-19(15-35-23-8-6-7-9-34-23)10-18-13-30(26(28)24(18)29-16)14-21(31)17-11-20(27(2,3)4)25(32)22(12-17)33-5/h10-12,23,28,32H,6-9,13-15H2,1-5H3. The maximum Gasteiger partial charge on any atom is 0.182 e. The highest BCUT2D eigenvalue weighted by atomic mass is 16.7. The van der Waals surface area contributed by atoms with Crippen molar-refractivity contribution in [3.63, 3.8) is 0 Å². The van der Waals surface area contributed by atoms with Crippen LogP contribution in [0.5, 0.6) is 11.5 Å². The number of phenols is 1. The topological polar surface area (TPSA) is 105 Å². The fourth-order valence-electron chi connectivity index (χ4n) is 4.52. The van der Waals surface area contributed by atoms with Crippen molar-refractivity contribution in [2.24, 2.45) is 0 Å². The Bertz CT molecular complexity index is 1130. The molecule has 0 spiro atoms. The predicted octanol–water partition coefficient (Wildman–Crippen LogP) is 4.47. The number of pyridine rings is 1. The Labute approximate surface area is 206 Å². The molecule has 0 saturated carbocycles. The molecule has 1 atom stereocenters. The fourth-order valence-corrected chi connectivity index (χ4v) is 4.52. The van der Waals surface area contributed by atoms with E-state index in [-0.39, 0.29) is 41.4 Å². The zero-order valence-electron chi connectivity index (χ0n) is 21.2. The first-order chi connectivity index (χ1) is 16.6. The van der Waals surface area contributed by atoms with Gasteiger partial charge in [0.2, 0.25) is 0 Å². The molecule has 1 aromatic carbocycles. The van der Waals surface area contributed by atoms with Crippen LogP contribution in [0.1, 0.15) is 78.5 Å². The van der Waals surface area contributed by atoms with Crippen LogP contribution < -0.4 is 4.74 Å². The maximum absolute atomic E-state index is 13.2. The third-order valence-corrected chi connectivity index (χ3v) is 6.62. The van der Waals surface area contributed by atoms with Crippen molar-refractivity contribution in [1.29, 1.82) is 5.41 Å². The van der Waals surface area contributed by atoms with E-state index in [2.05, 4.69) is 4.98 Å². The summed E-state index contributed by atoms with van der Waals surface area (Å²) >= 11 is 0. The van der Waals surface area contributed by atoms with E-state index in [0.717, 1.165) is 42.7 Å². The van der Waals surface area contributed by atoms with Crippen molar-refractivity contribution >= 4 is 11.6 Å². The number of carbonyl (C=O) groups excluding carboxylic acids is 1. The lowest BCUT2D eigenvalue weighted by Gasteiger charge is -2.23. The summed E-state index contributed by atoms with van der Waals surface area (Å²) in [4.78, 5) is 19.6. The number of Topliss-reactive ketones (excluding diaryl/α,β-unsaturated/α-hetero) is 1. The van der Waals surface area contributed by atoms with Crippen LogP contribution >= 0.6 is 0 Å². The molecule has 0 bridgehead atoms. The van der Waals surface area contributed by atoms with Crippen molar-refractivity contribution in [3.8, 4) is 11.5 Å². The number of hydrogen-bond acceptors (Lipinski definition) is 7. The van der Waals surface area contributed by atoms with Crippen LogP contribution in [-0.2, 0) is 28.0 Å². The van der Waals surface area contributed by atoms with Crippen LogP contribution in [0.25, 0.3) is 0 Å². The van der Waals surface area contributed by atoms with Crippen LogP contribution in [0.2, 0.25) is 0 Å². The first-order valence-electron chi connectivity index (χ1n) is 12.1. The number of carbonyl (C=O) groups is 1. The summed E-state index contributed by atoms with van der Waals surface area (Å²) in [6.07, 6.45) is 2.90. The van der Waals surface area contributed by atoms with E-state index < -0.39 is 0 Å². The molecule has 2 aliphatic rings. The molecule has 1 aromatic heterocycles. The van der Waals surface area contributed by atoms with Crippen molar-refractivity contribution in [2.45, 2.75) is 71.8 Å². The molecule has 2 aromatic rings. The van der Waals surface area contributed by atoms with Gasteiger partial charge in [0.15, 0.2) is 23.6 Å². The van der Waals surface area contributed by atoms with Crippen LogP contribution in [0, 0.1) is 12.3 Å². The zero-order valence-corrected chi connectivity index (χ0v) is 21.2. The molecule has 1 fully saturated rings. The molecule has 8 nitrogen and oxygen atoms in total. The van der Waals surface area contributed by atoms with Gasteiger partial charge in [-0.1, -0.05) is 20.8 Å². The number of nitrogens with one attached hydrogen (secondary N) is 1. The molecule has 188 valence electrons. The van der Waals surface area contributed by atoms with E-state index in [9.17, 15) is 9.90 Å². The summed E-state index contributed by atoms with van der Waals surface area (Å²) in [6, 6.07) is 5.31. The third kappa shape index (κ3) is 5.33. The minimum atomic E-state index is -0.368. The Balaban J connectivity index is 1.49. The van der Waals surface area contributed by atoms with Gasteiger partial charge in [-0.05, 0) is 55.4 Å². The lowest BCUT2D eigenvalue weighted by Crippen LogP contribution is -2.30. The van der Waals surface area contributed by atoms with Gasteiger partial charge in [-0.25, -0.2) is 4.98 Å². The van der Waals surface area contributed by atoms with Gasteiger partial charge >= 0.3 is 0 Å². The van der Waals surface area contributed by atoms with E-state index in [4.69, 9.17) is 19.6 Å². The average molecular weight is 482 g/mol. The summed E-state index contributed by atoms with van der Waals surface area (Å²) in [6.45, 7) is 9.44. The summed E-state index contributed by atoms with van der Waals surface area (Å²) < 4.78 is 16.9. The Morgan fingerprint density at radius 3 is 2.71 bits per heavy atom. The van der Waals surface area contributed by atoms with Gasteiger partial charge in [-0.2, -0.15) is 0 Å². The summed E-state index contributed by atoms with van der Waals surface area (Å²) in [5.41, 5.74) is 4.02. The number of phenolic OH excluding ortho intramolecular Hbond substituents is 1. The van der Waals surface area contributed by atoms with Gasteiger partial charge in [0.1, 0.15) is 11.5 Å². The normalized spacial score (nSPS) is 18.0. The van der Waals surface area contributed by atoms with E-state index in [1.165, 1.54) is 7.11 Å². The van der Waals surface area contributed by atoms with Gasteiger partial charge in [0.05, 0.1) is 20.3 Å². The number of ketones is 1. The minimum Gasteiger partial charge on any atom is -0.504 e. The number of ether oxygens (including phenoxy) is 3. The SMILES string of the molecule is COc1cc(C(=O)CN2Cc3cc(COC4CCCCO4)c(C)nc3C2=N)cc(C(C)(C)C)c1O. The molecule has 2 N–H and O–H groups in total. The molecule has 0 radical (unpaired) electrons. The minimum absolute atomic E-state index is 0.0352. The molecular weight excluding hydrogens is 446 g/mol. The lowest BCUT2D eigenvalue weighted by atomic mass is 9.84. The van der Waals surface area contributed by atoms with Crippen molar-refractivity contribution in [1.82, 2.24) is 9.88 Å². The molecule has 35 heavy (non-hydrogen) atoms. The molecule has 0 aliphatic carbocycles. The molecule has 2 aliphatic heterocycles. The first-order valence-corrected chi connectivity index (χ1v) is 12.1. The van der Waals surface area contributed by atoms with Crippen molar-refractivity contribution < 1.29 is 24.1 Å². The van der Waals surface area contributed by atoms with Gasteiger partial charge in [-0.3, -0.25) is 10.2 Å². The first kappa shape index (κ1) is 25.1. The molecule has 8 heteroatoms. The largest absolute Gasteiger partial charge is 0.504 e. The summed E-state index contributed by atoms with van der Waals surface area (Å²) in [5.74, 6) is 0.401. The van der Waals surface area contributed by atoms with Crippen LogP contribution in [0.3, 0.4) is 0 Å². The maximum atomic E-state index is 13.2. The molecule has 4 rings (SSSR count). The van der Waals surface area contributed by atoms with Crippen LogP contribution in [-0.4, -0.2) is 53.2 Å². The molecular formula is C27H35N3O5. The van der Waals surface area contributed by atoms with E-state index in [1.807, 2.05) is 33.8 Å². The molecule has 3 heterocycles. The number of nitrogens with zero attached hydrogens (tertiary/aromatic N) is 2. The second-order valence-corrected chi connectivity index (χ2v) is 10.3. The fraction of sp³-hybridized carbons (Fsp3) is 0.519. The number of methoxy groups -OCH3 is 1. The second-order valence-electron chi connectivity index (χ2n) is 10.3. The number of rotatable bonds is 7. The Hall–Kier alpha value is -2.97. The number of aromatic nitrogens is 1. The highest BCUT2D eigenvalue weighted by Gasteiger charge is 2.30. The monoisotopic (exact) mass is 481 g/mol. The van der Waals surface area contributed by atoms with Gasteiger partial charge in [-0.15, -0.1) is 0 Å². The Kier molecular flexibility index (Phi) is 7.15. The van der Waals surface area contributed by atoms with E-state index in [1.54, 1.807) is 17.0 Å². The Morgan fingerprint density at radius 2 is 2.06 bits per heavy atom. The van der Waals surface area contributed by atoms with Crippen LogP contribution in [0.4, 0.5) is 0 Å². The zero-order chi connectivity index (χ0) is 25.3. The predicted molar refractivity (Wildman–Crippen MR) is 132 cm³/mol. The number of fused-ring (bicyclic) bond motifs is 1.